The van der Waals surface area contributed by atoms with Gasteiger partial charge in [0.15, 0.2) is 0 Å². The molecule has 7 heteroatoms. The molecule has 1 fully saturated rings. The van der Waals surface area contributed by atoms with Crippen molar-refractivity contribution in [1.29, 1.82) is 0 Å². The van der Waals surface area contributed by atoms with Gasteiger partial charge < -0.3 is 20.1 Å². The van der Waals surface area contributed by atoms with Gasteiger partial charge in [-0.05, 0) is 58.8 Å². The van der Waals surface area contributed by atoms with Crippen LogP contribution in [-0.4, -0.2) is 58.9 Å². The first-order valence-electron chi connectivity index (χ1n) is 9.71. The Hall–Kier alpha value is -1.89. The van der Waals surface area contributed by atoms with E-state index < -0.39 is 5.60 Å². The second kappa shape index (κ2) is 9.07. The fourth-order valence-corrected chi connectivity index (χ4v) is 3.51. The number of aliphatic hydroxyl groups is 1. The highest BCUT2D eigenvalue weighted by Gasteiger charge is 2.29. The second-order valence-electron chi connectivity index (χ2n) is 8.00. The van der Waals surface area contributed by atoms with Crippen LogP contribution in [0.4, 0.5) is 5.69 Å². The Balaban J connectivity index is 1.77. The smallest absolute Gasteiger partial charge is 0.131 e. The summed E-state index contributed by atoms with van der Waals surface area (Å²) in [5, 5.41) is 14.2. The highest BCUT2D eigenvalue weighted by molar-refractivity contribution is 6.29. The monoisotopic (exact) mass is 404 g/mol. The summed E-state index contributed by atoms with van der Waals surface area (Å²) >= 11 is 6.16. The van der Waals surface area contributed by atoms with E-state index in [1.165, 1.54) is 0 Å². The summed E-state index contributed by atoms with van der Waals surface area (Å²) in [4.78, 5) is 10.8. The van der Waals surface area contributed by atoms with Crippen LogP contribution in [0.15, 0.2) is 30.6 Å². The number of nitrogens with zero attached hydrogens (tertiary/aromatic N) is 3. The molecule has 0 spiro atoms. The molecule has 2 aromatic rings. The maximum atomic E-state index is 10.2. The number of anilines is 1. The summed E-state index contributed by atoms with van der Waals surface area (Å²) in [6.45, 7) is 3.37. The number of hydrogen-bond donors (Lipinski definition) is 2. The highest BCUT2D eigenvalue weighted by Crippen LogP contribution is 2.34. The maximum Gasteiger partial charge on any atom is 0.131 e. The Morgan fingerprint density at radius 1 is 1.29 bits per heavy atom. The number of pyridine rings is 2. The summed E-state index contributed by atoms with van der Waals surface area (Å²) in [6, 6.07) is 5.91. The van der Waals surface area contributed by atoms with Crippen LogP contribution in [0, 0.1) is 0 Å². The second-order valence-corrected chi connectivity index (χ2v) is 8.38. The molecule has 28 heavy (non-hydrogen) atoms. The summed E-state index contributed by atoms with van der Waals surface area (Å²) < 4.78 is 5.84. The molecule has 0 bridgehead atoms. The number of hydrogen-bond acceptors (Lipinski definition) is 6. The van der Waals surface area contributed by atoms with Crippen molar-refractivity contribution in [3.05, 3.63) is 35.7 Å². The summed E-state index contributed by atoms with van der Waals surface area (Å²) in [5.41, 5.74) is 2.03. The predicted molar refractivity (Wildman–Crippen MR) is 113 cm³/mol. The van der Waals surface area contributed by atoms with E-state index in [9.17, 15) is 5.11 Å². The third-order valence-electron chi connectivity index (χ3n) is 5.11. The first-order chi connectivity index (χ1) is 13.3. The van der Waals surface area contributed by atoms with Crippen molar-refractivity contribution in [3.8, 4) is 17.0 Å². The van der Waals surface area contributed by atoms with Crippen LogP contribution in [0.1, 0.15) is 32.6 Å². The minimum Gasteiger partial charge on any atom is -0.492 e. The van der Waals surface area contributed by atoms with Gasteiger partial charge in [-0.2, -0.15) is 0 Å². The van der Waals surface area contributed by atoms with Crippen LogP contribution in [0.5, 0.6) is 5.75 Å². The quantitative estimate of drug-likeness (QED) is 0.683. The Morgan fingerprint density at radius 3 is 2.75 bits per heavy atom. The van der Waals surface area contributed by atoms with Crippen molar-refractivity contribution in [2.75, 3.05) is 32.6 Å². The van der Waals surface area contributed by atoms with E-state index in [4.69, 9.17) is 16.3 Å². The third-order valence-corrected chi connectivity index (χ3v) is 5.31. The fourth-order valence-electron chi connectivity index (χ4n) is 3.35. The van der Waals surface area contributed by atoms with E-state index in [-0.39, 0.29) is 6.04 Å². The largest absolute Gasteiger partial charge is 0.492 e. The van der Waals surface area contributed by atoms with E-state index >= 15 is 0 Å². The van der Waals surface area contributed by atoms with Gasteiger partial charge in [-0.3, -0.25) is 4.98 Å². The molecule has 0 aromatic carbocycles. The Bertz CT molecular complexity index is 788. The van der Waals surface area contributed by atoms with Crippen LogP contribution >= 0.6 is 11.6 Å². The predicted octanol–water partition coefficient (Wildman–Crippen LogP) is 3.84. The molecule has 0 atom stereocenters. The topological polar surface area (TPSA) is 70.5 Å². The average molecular weight is 405 g/mol. The van der Waals surface area contributed by atoms with Gasteiger partial charge in [-0.15, -0.1) is 0 Å². The van der Waals surface area contributed by atoms with Crippen LogP contribution < -0.4 is 10.1 Å². The number of rotatable bonds is 7. The number of halogens is 1. The van der Waals surface area contributed by atoms with Gasteiger partial charge in [-0.1, -0.05) is 11.6 Å². The molecular formula is C21H29ClN4O2. The Labute approximate surface area is 171 Å². The van der Waals surface area contributed by atoms with Crippen molar-refractivity contribution in [1.82, 2.24) is 14.9 Å². The molecule has 3 rings (SSSR count). The normalized spacial score (nSPS) is 22.3. The highest BCUT2D eigenvalue weighted by atomic mass is 35.5. The molecule has 0 unspecified atom stereocenters. The zero-order valence-corrected chi connectivity index (χ0v) is 17.5. The van der Waals surface area contributed by atoms with Crippen LogP contribution in [-0.2, 0) is 0 Å². The molecule has 6 nitrogen and oxygen atoms in total. The van der Waals surface area contributed by atoms with Gasteiger partial charge in [-0.25, -0.2) is 4.98 Å². The van der Waals surface area contributed by atoms with Crippen molar-refractivity contribution in [3.63, 3.8) is 0 Å². The first-order valence-corrected chi connectivity index (χ1v) is 10.1. The molecule has 1 aliphatic rings. The lowest BCUT2D eigenvalue weighted by Gasteiger charge is -2.34. The lowest BCUT2D eigenvalue weighted by Crippen LogP contribution is -2.35. The molecule has 0 aliphatic heterocycles. The van der Waals surface area contributed by atoms with Gasteiger partial charge in [0.2, 0.25) is 0 Å². The molecule has 2 N–H and O–H groups in total. The number of nitrogens with one attached hydrogen (secondary N) is 1. The van der Waals surface area contributed by atoms with E-state index in [2.05, 4.69) is 20.2 Å². The molecule has 0 saturated heterocycles. The first kappa shape index (κ1) is 20.8. The molecule has 2 aromatic heterocycles. The van der Waals surface area contributed by atoms with E-state index in [1.54, 1.807) is 12.4 Å². The molecule has 2 heterocycles. The van der Waals surface area contributed by atoms with E-state index in [1.807, 2.05) is 39.2 Å². The van der Waals surface area contributed by atoms with Gasteiger partial charge >= 0.3 is 0 Å². The maximum absolute atomic E-state index is 10.2. The fraction of sp³-hybridized carbons (Fsp3) is 0.524. The minimum atomic E-state index is -0.559. The molecule has 152 valence electrons. The van der Waals surface area contributed by atoms with Crippen molar-refractivity contribution < 1.29 is 9.84 Å². The van der Waals surface area contributed by atoms with E-state index in [0.29, 0.717) is 11.8 Å². The minimum absolute atomic E-state index is 0.289. The summed E-state index contributed by atoms with van der Waals surface area (Å²) in [5.74, 6) is 0.779. The molecule has 0 amide bonds. The lowest BCUT2D eigenvalue weighted by molar-refractivity contribution is 0.0196. The van der Waals surface area contributed by atoms with Crippen LogP contribution in [0.2, 0.25) is 5.15 Å². The Kier molecular flexibility index (Phi) is 6.75. The number of likely N-dealkylation sites (N-methyl/N-ethyl adjacent to an activating group) is 1. The molecular weight excluding hydrogens is 376 g/mol. The van der Waals surface area contributed by atoms with E-state index in [0.717, 1.165) is 54.9 Å². The third kappa shape index (κ3) is 5.80. The zero-order valence-electron chi connectivity index (χ0n) is 16.8. The van der Waals surface area contributed by atoms with Crippen molar-refractivity contribution >= 4 is 17.3 Å². The zero-order chi connectivity index (χ0) is 20.1. The average Bonchev–Trinajstić information content (AvgIpc) is 2.64. The Morgan fingerprint density at radius 2 is 2.04 bits per heavy atom. The lowest BCUT2D eigenvalue weighted by atomic mass is 9.83. The SMILES string of the molecule is CN(C)CCOc1ccnc(-c2cnc(Cl)cc2NC2CCC(C)(O)CC2)c1. The molecule has 1 aliphatic carbocycles. The number of aromatic nitrogens is 2. The summed E-state index contributed by atoms with van der Waals surface area (Å²) in [6.07, 6.45) is 6.88. The number of ether oxygens (including phenoxy) is 1. The van der Waals surface area contributed by atoms with Crippen LogP contribution in [0.25, 0.3) is 11.3 Å². The van der Waals surface area contributed by atoms with Crippen LogP contribution in [0.3, 0.4) is 0 Å². The van der Waals surface area contributed by atoms with Gasteiger partial charge in [0.05, 0.1) is 11.3 Å². The van der Waals surface area contributed by atoms with Gasteiger partial charge in [0.25, 0.3) is 0 Å². The standard InChI is InChI=1S/C21H29ClN4O2/c1-21(27)7-4-15(5-8-21)25-19-13-20(22)24-14-17(19)18-12-16(6-9-23-18)28-11-10-26(2)3/h6,9,12-15,27H,4-5,7-8,10-11H2,1-3H3,(H,24,25). The summed E-state index contributed by atoms with van der Waals surface area (Å²) in [7, 11) is 4.03. The molecule has 0 radical (unpaired) electrons. The molecule has 1 saturated carbocycles. The van der Waals surface area contributed by atoms with Gasteiger partial charge in [0, 0.05) is 42.3 Å². The van der Waals surface area contributed by atoms with Crippen molar-refractivity contribution in [2.45, 2.75) is 44.2 Å². The van der Waals surface area contributed by atoms with Gasteiger partial charge in [0.1, 0.15) is 17.5 Å². The van der Waals surface area contributed by atoms with Crippen molar-refractivity contribution in [2.24, 2.45) is 0 Å².